The number of amides is 1. The molecule has 2 aromatic heterocycles. The predicted octanol–water partition coefficient (Wildman–Crippen LogP) is 5.44. The summed E-state index contributed by atoms with van der Waals surface area (Å²) in [6.45, 7) is 7.66. The van der Waals surface area contributed by atoms with Crippen LogP contribution in [0.15, 0.2) is 65.7 Å². The summed E-state index contributed by atoms with van der Waals surface area (Å²) in [6, 6.07) is 13.2. The van der Waals surface area contributed by atoms with E-state index in [-0.39, 0.29) is 17.7 Å². The van der Waals surface area contributed by atoms with Crippen LogP contribution in [0.3, 0.4) is 0 Å². The summed E-state index contributed by atoms with van der Waals surface area (Å²) in [5.41, 5.74) is 1.98. The third kappa shape index (κ3) is 6.61. The van der Waals surface area contributed by atoms with Gasteiger partial charge in [-0.2, -0.15) is 0 Å². The van der Waals surface area contributed by atoms with E-state index in [0.717, 1.165) is 28.7 Å². The van der Waals surface area contributed by atoms with Gasteiger partial charge in [0.25, 0.3) is 10.0 Å². The second kappa shape index (κ2) is 11.6. The molecule has 1 N–H and O–H groups in total. The van der Waals surface area contributed by atoms with Crippen LogP contribution in [0.1, 0.15) is 20.8 Å². The minimum Gasteiger partial charge on any atom is -0.480 e. The summed E-state index contributed by atoms with van der Waals surface area (Å²) in [4.78, 5) is 24.8. The van der Waals surface area contributed by atoms with Gasteiger partial charge in [-0.1, -0.05) is 18.2 Å². The maximum absolute atomic E-state index is 14.3. The van der Waals surface area contributed by atoms with Crippen LogP contribution in [0.4, 0.5) is 25.0 Å². The van der Waals surface area contributed by atoms with Gasteiger partial charge < -0.3 is 19.3 Å². The van der Waals surface area contributed by atoms with Gasteiger partial charge in [0.1, 0.15) is 27.8 Å². The maximum atomic E-state index is 14.3. The van der Waals surface area contributed by atoms with Crippen LogP contribution >= 0.6 is 0 Å². The number of carbonyl (C=O) groups excluding carboxylic acids is 1. The minimum atomic E-state index is -4.44. The van der Waals surface area contributed by atoms with Crippen LogP contribution in [0.5, 0.6) is 5.88 Å². The van der Waals surface area contributed by atoms with Crippen molar-refractivity contribution in [2.24, 2.45) is 0 Å². The Bertz CT molecular complexity index is 1790. The number of para-hydroxylation sites is 1. The molecule has 0 saturated carbocycles. The molecule has 43 heavy (non-hydrogen) atoms. The molecule has 1 aliphatic rings. The molecule has 0 atom stereocenters. The summed E-state index contributed by atoms with van der Waals surface area (Å²) in [5.74, 6) is -2.17. The van der Waals surface area contributed by atoms with E-state index in [1.54, 1.807) is 11.0 Å². The molecule has 0 radical (unpaired) electrons. The van der Waals surface area contributed by atoms with E-state index in [9.17, 15) is 22.0 Å². The average molecular weight is 612 g/mol. The number of hydrogen-bond acceptors (Lipinski definition) is 8. The zero-order valence-electron chi connectivity index (χ0n) is 24.1. The van der Waals surface area contributed by atoms with E-state index in [0.29, 0.717) is 43.5 Å². The van der Waals surface area contributed by atoms with Crippen molar-refractivity contribution >= 4 is 38.4 Å². The van der Waals surface area contributed by atoms with E-state index in [2.05, 4.69) is 14.6 Å². The Morgan fingerprint density at radius 2 is 1.74 bits per heavy atom. The summed E-state index contributed by atoms with van der Waals surface area (Å²) in [5, 5.41) is 0.894. The molecule has 1 aliphatic heterocycles. The molecule has 1 amide bonds. The molecule has 5 rings (SSSR count). The molecule has 3 heterocycles. The highest BCUT2D eigenvalue weighted by Gasteiger charge is 2.27. The number of ether oxygens (including phenoxy) is 2. The quantitative estimate of drug-likeness (QED) is 0.307. The Kier molecular flexibility index (Phi) is 8.10. The Labute approximate surface area is 248 Å². The number of carbonyl (C=O) groups is 1. The number of aromatic nitrogens is 2. The zero-order chi connectivity index (χ0) is 30.9. The average Bonchev–Trinajstić information content (AvgIpc) is 2.95. The number of halogens is 2. The molecule has 1 fully saturated rings. The summed E-state index contributed by atoms with van der Waals surface area (Å²) in [7, 11) is -3.12. The van der Waals surface area contributed by atoms with Gasteiger partial charge >= 0.3 is 6.09 Å². The third-order valence-corrected chi connectivity index (χ3v) is 8.14. The molecule has 13 heteroatoms. The highest BCUT2D eigenvalue weighted by molar-refractivity contribution is 7.92. The van der Waals surface area contributed by atoms with Gasteiger partial charge in [0.2, 0.25) is 5.88 Å². The lowest BCUT2D eigenvalue weighted by atomic mass is 10.1. The molecule has 4 aromatic rings. The zero-order valence-corrected chi connectivity index (χ0v) is 24.9. The van der Waals surface area contributed by atoms with Crippen LogP contribution in [0.2, 0.25) is 0 Å². The number of fused-ring (bicyclic) bond motifs is 1. The van der Waals surface area contributed by atoms with Gasteiger partial charge in [0.15, 0.2) is 0 Å². The summed E-state index contributed by atoms with van der Waals surface area (Å²) < 4.78 is 66.6. The first-order valence-corrected chi connectivity index (χ1v) is 15.0. The van der Waals surface area contributed by atoms with E-state index in [4.69, 9.17) is 14.5 Å². The normalized spacial score (nSPS) is 14.1. The van der Waals surface area contributed by atoms with Gasteiger partial charge in [-0.05, 0) is 51.1 Å². The molecule has 1 saturated heterocycles. The molecular formula is C30H31F2N5O5S. The number of nitrogens with zero attached hydrogens (tertiary/aromatic N) is 4. The van der Waals surface area contributed by atoms with Gasteiger partial charge in [-0.3, -0.25) is 4.72 Å². The number of rotatable bonds is 6. The van der Waals surface area contributed by atoms with Gasteiger partial charge in [-0.25, -0.2) is 32.0 Å². The molecule has 0 spiro atoms. The SMILES string of the molecule is COc1ncc(-c2ccc3cccc(N4CCN(C(=O)OC(C)(C)C)CC4)c3n2)cc1NS(=O)(=O)c1ccc(F)cc1F. The highest BCUT2D eigenvalue weighted by Crippen LogP contribution is 2.33. The number of benzene rings is 2. The fourth-order valence-corrected chi connectivity index (χ4v) is 5.83. The third-order valence-electron chi connectivity index (χ3n) is 6.74. The predicted molar refractivity (Wildman–Crippen MR) is 159 cm³/mol. The van der Waals surface area contributed by atoms with Gasteiger partial charge in [0.05, 0.1) is 24.0 Å². The molecule has 226 valence electrons. The topological polar surface area (TPSA) is 114 Å². The van der Waals surface area contributed by atoms with E-state index < -0.39 is 32.2 Å². The van der Waals surface area contributed by atoms with Crippen molar-refractivity contribution in [2.45, 2.75) is 31.3 Å². The summed E-state index contributed by atoms with van der Waals surface area (Å²) in [6.07, 6.45) is 1.15. The Morgan fingerprint density at radius 3 is 2.42 bits per heavy atom. The van der Waals surface area contributed by atoms with Crippen molar-refractivity contribution in [3.63, 3.8) is 0 Å². The first-order chi connectivity index (χ1) is 20.3. The second-order valence-electron chi connectivity index (χ2n) is 11.0. The van der Waals surface area contributed by atoms with E-state index in [1.165, 1.54) is 19.4 Å². The number of hydrogen-bond donors (Lipinski definition) is 1. The molecule has 0 aliphatic carbocycles. The van der Waals surface area contributed by atoms with Crippen LogP contribution < -0.4 is 14.4 Å². The molecule has 2 aromatic carbocycles. The number of methoxy groups -OCH3 is 1. The molecule has 0 unspecified atom stereocenters. The Hall–Kier alpha value is -4.52. The Balaban J connectivity index is 1.43. The molecule has 0 bridgehead atoms. The van der Waals surface area contributed by atoms with Crippen molar-refractivity contribution in [2.75, 3.05) is 42.9 Å². The number of piperazine rings is 1. The summed E-state index contributed by atoms with van der Waals surface area (Å²) >= 11 is 0. The van der Waals surface area contributed by atoms with Crippen molar-refractivity contribution in [1.82, 2.24) is 14.9 Å². The standard InChI is InChI=1S/C30H31F2N5O5S/c1-30(2,3)42-29(38)37-14-12-36(13-15-37)25-7-5-6-19-8-10-23(34-27(19)25)20-16-24(28(41-4)33-18-20)35-43(39,40)26-11-9-21(31)17-22(26)32/h5-11,16-18,35H,12-15H2,1-4H3. The van der Waals surface area contributed by atoms with Gasteiger partial charge in [-0.15, -0.1) is 0 Å². The van der Waals surface area contributed by atoms with Crippen LogP contribution in [-0.4, -0.2) is 68.3 Å². The number of sulfonamides is 1. The molecular weight excluding hydrogens is 580 g/mol. The lowest BCUT2D eigenvalue weighted by Crippen LogP contribution is -2.50. The maximum Gasteiger partial charge on any atom is 0.410 e. The molecule has 10 nitrogen and oxygen atoms in total. The number of nitrogens with one attached hydrogen (secondary N) is 1. The van der Waals surface area contributed by atoms with Crippen molar-refractivity contribution in [3.05, 3.63) is 72.4 Å². The van der Waals surface area contributed by atoms with Crippen molar-refractivity contribution in [1.29, 1.82) is 0 Å². The van der Waals surface area contributed by atoms with Crippen molar-refractivity contribution in [3.8, 4) is 17.1 Å². The lowest BCUT2D eigenvalue weighted by molar-refractivity contribution is 0.0240. The lowest BCUT2D eigenvalue weighted by Gasteiger charge is -2.37. The van der Waals surface area contributed by atoms with Gasteiger partial charge in [0, 0.05) is 49.4 Å². The van der Waals surface area contributed by atoms with E-state index in [1.807, 2.05) is 45.0 Å². The number of pyridine rings is 2. The fourth-order valence-electron chi connectivity index (χ4n) is 4.72. The highest BCUT2D eigenvalue weighted by atomic mass is 32.2. The first kappa shape index (κ1) is 30.0. The van der Waals surface area contributed by atoms with Crippen LogP contribution in [0, 0.1) is 11.6 Å². The van der Waals surface area contributed by atoms with Crippen molar-refractivity contribution < 1.29 is 31.5 Å². The second-order valence-corrected chi connectivity index (χ2v) is 12.6. The van der Waals surface area contributed by atoms with E-state index >= 15 is 0 Å². The largest absolute Gasteiger partial charge is 0.480 e. The van der Waals surface area contributed by atoms with Crippen LogP contribution in [-0.2, 0) is 14.8 Å². The Morgan fingerprint density at radius 1 is 1.00 bits per heavy atom. The number of anilines is 2. The minimum absolute atomic E-state index is 0.0424. The fraction of sp³-hybridized carbons (Fsp3) is 0.300. The first-order valence-electron chi connectivity index (χ1n) is 13.5. The smallest absolute Gasteiger partial charge is 0.410 e. The van der Waals surface area contributed by atoms with Crippen LogP contribution in [0.25, 0.3) is 22.2 Å². The monoisotopic (exact) mass is 611 g/mol.